The molecule has 0 aliphatic heterocycles. The molecule has 0 saturated heterocycles. The van der Waals surface area contributed by atoms with Crippen LogP contribution in [0, 0.1) is 11.6 Å². The van der Waals surface area contributed by atoms with Gasteiger partial charge in [0.15, 0.2) is 11.6 Å². The van der Waals surface area contributed by atoms with E-state index in [4.69, 9.17) is 21.7 Å². The smallest absolute Gasteiger partial charge is 0.166 e. The Bertz CT molecular complexity index is 1770. The monoisotopic (exact) mass is 630 g/mol. The zero-order valence-corrected chi connectivity index (χ0v) is 26.1. The average molecular weight is 631 g/mol. The van der Waals surface area contributed by atoms with Crippen LogP contribution in [0.25, 0.3) is 20.7 Å². The van der Waals surface area contributed by atoms with Gasteiger partial charge in [0.1, 0.15) is 17.3 Å². The summed E-state index contributed by atoms with van der Waals surface area (Å²) in [5.41, 5.74) is 4.38. The number of hydrogen-bond acceptors (Lipinski definition) is 7. The molecular formula is C35H32F2N2O3S2. The van der Waals surface area contributed by atoms with Gasteiger partial charge in [0, 0.05) is 61.0 Å². The largest absolute Gasteiger partial charge is 0.453 e. The summed E-state index contributed by atoms with van der Waals surface area (Å²) in [7, 11) is 1.69. The topological polar surface area (TPSA) is 60.4 Å². The molecule has 1 atom stereocenters. The number of ether oxygens (including phenoxy) is 2. The normalized spacial score (nSPS) is 11.9. The molecule has 9 heteroatoms. The number of fused-ring (bicyclic) bond motifs is 1. The van der Waals surface area contributed by atoms with E-state index in [-0.39, 0.29) is 42.7 Å². The molecule has 0 saturated carbocycles. The Balaban J connectivity index is 1.24. The van der Waals surface area contributed by atoms with Crippen LogP contribution < -0.4 is 10.1 Å². The first-order valence-electron chi connectivity index (χ1n) is 14.2. The molecule has 5 aromatic rings. The van der Waals surface area contributed by atoms with E-state index >= 15 is 4.39 Å². The molecular weight excluding hydrogens is 599 g/mol. The number of ketones is 1. The SMILES string of the molecule is COC[C@H](C)NCc1cccc(-c2cc3nccc(Oc4ccc(CC(=S)CC(=O)Cc5ccc(F)cc5)cc4F)c3s2)c1. The zero-order chi connectivity index (χ0) is 31.1. The van der Waals surface area contributed by atoms with Crippen LogP contribution in [-0.2, 0) is 28.9 Å². The quantitative estimate of drug-likeness (QED) is 0.125. The van der Waals surface area contributed by atoms with Crippen LogP contribution in [0.3, 0.4) is 0 Å². The van der Waals surface area contributed by atoms with Crippen molar-refractivity contribution < 1.29 is 23.0 Å². The van der Waals surface area contributed by atoms with Gasteiger partial charge in [0.05, 0.1) is 16.8 Å². The first kappa shape index (κ1) is 31.5. The molecule has 44 heavy (non-hydrogen) atoms. The molecule has 0 amide bonds. The van der Waals surface area contributed by atoms with E-state index in [1.54, 1.807) is 55.0 Å². The summed E-state index contributed by atoms with van der Waals surface area (Å²) in [5.74, 6) is -0.330. The highest BCUT2D eigenvalue weighted by atomic mass is 32.1. The fourth-order valence-electron chi connectivity index (χ4n) is 4.83. The van der Waals surface area contributed by atoms with E-state index in [0.29, 0.717) is 22.8 Å². The highest BCUT2D eigenvalue weighted by molar-refractivity contribution is 7.80. The maximum Gasteiger partial charge on any atom is 0.166 e. The number of benzene rings is 3. The van der Waals surface area contributed by atoms with E-state index in [2.05, 4.69) is 35.4 Å². The predicted molar refractivity (Wildman–Crippen MR) is 176 cm³/mol. The molecule has 0 spiro atoms. The minimum atomic E-state index is -0.521. The van der Waals surface area contributed by atoms with Gasteiger partial charge in [-0.15, -0.1) is 11.3 Å². The van der Waals surface area contributed by atoms with Crippen molar-refractivity contribution in [3.63, 3.8) is 0 Å². The average Bonchev–Trinajstić information content (AvgIpc) is 3.44. The molecule has 0 unspecified atom stereocenters. The number of halogens is 2. The van der Waals surface area contributed by atoms with Crippen LogP contribution in [0.1, 0.15) is 30.0 Å². The molecule has 0 bridgehead atoms. The number of nitrogens with zero attached hydrogens (tertiary/aromatic N) is 1. The zero-order valence-electron chi connectivity index (χ0n) is 24.4. The molecule has 0 radical (unpaired) electrons. The van der Waals surface area contributed by atoms with Crippen molar-refractivity contribution in [3.05, 3.63) is 113 Å². The van der Waals surface area contributed by atoms with E-state index in [0.717, 1.165) is 38.3 Å². The Labute approximate surface area is 264 Å². The molecule has 226 valence electrons. The fraction of sp³-hybridized carbons (Fsp3) is 0.229. The predicted octanol–water partition coefficient (Wildman–Crippen LogP) is 8.27. The molecule has 0 aliphatic rings. The second-order valence-corrected chi connectivity index (χ2v) is 12.3. The summed E-state index contributed by atoms with van der Waals surface area (Å²) in [5, 5.41) is 3.46. The Kier molecular flexibility index (Phi) is 10.6. The highest BCUT2D eigenvalue weighted by Gasteiger charge is 2.15. The molecule has 2 aromatic heterocycles. The molecule has 0 fully saturated rings. The maximum absolute atomic E-state index is 15.2. The van der Waals surface area contributed by atoms with Crippen molar-refractivity contribution in [1.82, 2.24) is 10.3 Å². The third-order valence-electron chi connectivity index (χ3n) is 6.98. The standard InChI is InChI=1S/C35H32F2N2O3S2/c1-22(21-41-2)39-20-25-4-3-5-26(14-25)34-19-31-35(44-34)33(12-13-38-31)42-32-11-8-24(17-30(32)37)16-29(43)18-28(40)15-23-6-9-27(36)10-7-23/h3-14,17,19,22,39H,15-16,18,20-21H2,1-2H3/t22-/m0/s1. The third-order valence-corrected chi connectivity index (χ3v) is 8.46. The number of pyridine rings is 1. The third kappa shape index (κ3) is 8.39. The lowest BCUT2D eigenvalue weighted by Gasteiger charge is -2.13. The van der Waals surface area contributed by atoms with Gasteiger partial charge in [0.25, 0.3) is 0 Å². The number of nitrogens with one attached hydrogen (secondary N) is 1. The maximum atomic E-state index is 15.2. The van der Waals surface area contributed by atoms with Crippen LogP contribution in [0.5, 0.6) is 11.5 Å². The van der Waals surface area contributed by atoms with Crippen molar-refractivity contribution in [2.75, 3.05) is 13.7 Å². The van der Waals surface area contributed by atoms with Gasteiger partial charge in [-0.2, -0.15) is 0 Å². The highest BCUT2D eigenvalue weighted by Crippen LogP contribution is 2.39. The lowest BCUT2D eigenvalue weighted by atomic mass is 10.0. The van der Waals surface area contributed by atoms with Crippen molar-refractivity contribution in [1.29, 1.82) is 0 Å². The van der Waals surface area contributed by atoms with Gasteiger partial charge in [-0.3, -0.25) is 9.78 Å². The van der Waals surface area contributed by atoms with Gasteiger partial charge in [0.2, 0.25) is 0 Å². The number of aromatic nitrogens is 1. The number of hydrogen-bond donors (Lipinski definition) is 1. The van der Waals surface area contributed by atoms with Crippen molar-refractivity contribution >= 4 is 44.4 Å². The van der Waals surface area contributed by atoms with Crippen LogP contribution in [0.15, 0.2) is 85.1 Å². The molecule has 5 rings (SSSR count). The van der Waals surface area contributed by atoms with E-state index in [1.807, 2.05) is 12.1 Å². The molecule has 1 N–H and O–H groups in total. The van der Waals surface area contributed by atoms with E-state index in [9.17, 15) is 9.18 Å². The Morgan fingerprint density at radius 1 is 0.955 bits per heavy atom. The van der Waals surface area contributed by atoms with Crippen molar-refractivity contribution in [2.24, 2.45) is 0 Å². The van der Waals surface area contributed by atoms with Gasteiger partial charge < -0.3 is 14.8 Å². The summed E-state index contributed by atoms with van der Waals surface area (Å²) in [6.45, 7) is 3.45. The Morgan fingerprint density at radius 2 is 1.75 bits per heavy atom. The van der Waals surface area contributed by atoms with E-state index < -0.39 is 5.82 Å². The summed E-state index contributed by atoms with van der Waals surface area (Å²) < 4.78 is 40.4. The first-order valence-corrected chi connectivity index (χ1v) is 15.4. The molecule has 2 heterocycles. The number of rotatable bonds is 14. The minimum absolute atomic E-state index is 0.0703. The second kappa shape index (κ2) is 14.7. The molecule has 0 aliphatic carbocycles. The van der Waals surface area contributed by atoms with Crippen LogP contribution in [0.2, 0.25) is 0 Å². The van der Waals surface area contributed by atoms with E-state index in [1.165, 1.54) is 18.2 Å². The number of thiophene rings is 1. The number of methoxy groups -OCH3 is 1. The second-order valence-electron chi connectivity index (χ2n) is 10.7. The van der Waals surface area contributed by atoms with Crippen molar-refractivity contribution in [2.45, 2.75) is 38.8 Å². The lowest BCUT2D eigenvalue weighted by Crippen LogP contribution is -2.29. The Morgan fingerprint density at radius 3 is 2.52 bits per heavy atom. The molecule has 5 nitrogen and oxygen atoms in total. The van der Waals surface area contributed by atoms with Gasteiger partial charge in [-0.05, 0) is 65.6 Å². The Hall–Kier alpha value is -3.89. The van der Waals surface area contributed by atoms with Gasteiger partial charge >= 0.3 is 0 Å². The summed E-state index contributed by atoms with van der Waals surface area (Å²) in [4.78, 5) is 18.5. The minimum Gasteiger partial charge on any atom is -0.453 e. The summed E-state index contributed by atoms with van der Waals surface area (Å²) >= 11 is 6.97. The number of carbonyl (C=O) groups is 1. The van der Waals surface area contributed by atoms with Crippen molar-refractivity contribution in [3.8, 4) is 21.9 Å². The summed E-state index contributed by atoms with van der Waals surface area (Å²) in [6, 6.07) is 22.9. The fourth-order valence-corrected chi connectivity index (χ4v) is 6.22. The lowest BCUT2D eigenvalue weighted by molar-refractivity contribution is -0.117. The van der Waals surface area contributed by atoms with Crippen LogP contribution >= 0.6 is 23.6 Å². The summed E-state index contributed by atoms with van der Waals surface area (Å²) in [6.07, 6.45) is 2.20. The number of carbonyl (C=O) groups excluding carboxylic acids is 1. The van der Waals surface area contributed by atoms with Gasteiger partial charge in [-0.1, -0.05) is 48.6 Å². The number of Topliss-reactive ketones (excluding diaryl/α,β-unsaturated/α-hetero) is 1. The number of thiocarbonyl (C=S) groups is 1. The van der Waals surface area contributed by atoms with Gasteiger partial charge in [-0.25, -0.2) is 8.78 Å². The van der Waals surface area contributed by atoms with Crippen LogP contribution in [0.4, 0.5) is 8.78 Å². The molecule has 3 aromatic carbocycles. The van der Waals surface area contributed by atoms with Crippen LogP contribution in [-0.4, -0.2) is 35.4 Å². The first-order chi connectivity index (χ1) is 21.3.